The average molecular weight is 262 g/mol. The van der Waals surface area contributed by atoms with Crippen LogP contribution in [0.3, 0.4) is 0 Å². The molecule has 0 aliphatic rings. The Morgan fingerprint density at radius 3 is 1.30 bits per heavy atom. The molecule has 2 nitrogen and oxygen atoms in total. The third kappa shape index (κ3) is 62.4. The van der Waals surface area contributed by atoms with Crippen molar-refractivity contribution >= 4 is 5.97 Å². The first-order valence-corrected chi connectivity index (χ1v) is 1.12. The second-order valence-electron chi connectivity index (χ2n) is 0.542. The molecule has 10 heavy (non-hydrogen) atoms. The van der Waals surface area contributed by atoms with Gasteiger partial charge in [0.15, 0.2) is 0 Å². The molecule has 0 atom stereocenters. The Balaban J connectivity index is -0.00000000800. The van der Waals surface area contributed by atoms with Crippen LogP contribution in [-0.2, 0) is 26.5 Å². The van der Waals surface area contributed by atoms with Gasteiger partial charge in [-0.1, -0.05) is 6.58 Å². The van der Waals surface area contributed by atoms with Crippen LogP contribution in [0.2, 0.25) is 0 Å². The topological polar surface area (TPSA) is 37.3 Å². The molecule has 0 radical (unpaired) electrons. The Bertz CT molecular complexity index is 69.5. The first kappa shape index (κ1) is 43.6. The minimum atomic E-state index is -0.981. The molecular weight excluding hydrogens is 258 g/mol. The molecule has 0 rings (SSSR count). The van der Waals surface area contributed by atoms with Gasteiger partial charge in [0.1, 0.15) is 0 Å². The van der Waals surface area contributed by atoms with E-state index in [4.69, 9.17) is 5.11 Å². The van der Waals surface area contributed by atoms with Crippen molar-refractivity contribution in [3.05, 3.63) is 12.7 Å². The fourth-order valence-electron chi connectivity index (χ4n) is 0. The van der Waals surface area contributed by atoms with Crippen LogP contribution in [0, 0.1) is 0 Å². The molecule has 60 valence electrons. The van der Waals surface area contributed by atoms with E-state index < -0.39 is 5.97 Å². The molecular formula is C3H4Cl4O2Ti. The van der Waals surface area contributed by atoms with E-state index in [0.717, 1.165) is 6.08 Å². The van der Waals surface area contributed by atoms with Crippen LogP contribution in [0.1, 0.15) is 0 Å². The Kier molecular flexibility index (Phi) is 140. The Morgan fingerprint density at radius 1 is 1.20 bits per heavy atom. The summed E-state index contributed by atoms with van der Waals surface area (Å²) in [5.74, 6) is -0.981. The molecule has 0 spiro atoms. The summed E-state index contributed by atoms with van der Waals surface area (Å²) in [6, 6.07) is 0. The van der Waals surface area contributed by atoms with Crippen molar-refractivity contribution in [2.45, 2.75) is 0 Å². The molecule has 0 unspecified atom stereocenters. The third-order valence-electron chi connectivity index (χ3n) is 0.175. The SMILES string of the molecule is C=CC(=O)O.[Cl-].[Cl-].[Cl-].[Cl-].[Ti+4]. The molecule has 0 aliphatic heterocycles. The summed E-state index contributed by atoms with van der Waals surface area (Å²) in [4.78, 5) is 9.25. The van der Waals surface area contributed by atoms with Gasteiger partial charge in [-0.25, -0.2) is 4.79 Å². The molecule has 0 aliphatic carbocycles. The number of aliphatic carboxylic acids is 1. The number of rotatable bonds is 1. The molecule has 0 aromatic rings. The Morgan fingerprint density at radius 2 is 1.30 bits per heavy atom. The summed E-state index contributed by atoms with van der Waals surface area (Å²) in [5.41, 5.74) is 0. The Labute approximate surface area is 99.4 Å². The molecule has 0 aromatic carbocycles. The van der Waals surface area contributed by atoms with Gasteiger partial charge in [-0.15, -0.1) is 0 Å². The van der Waals surface area contributed by atoms with Crippen molar-refractivity contribution in [1.29, 1.82) is 0 Å². The number of carboxylic acids is 1. The summed E-state index contributed by atoms with van der Waals surface area (Å²) < 4.78 is 0. The van der Waals surface area contributed by atoms with Crippen LogP contribution in [-0.4, -0.2) is 11.1 Å². The molecule has 0 fully saturated rings. The van der Waals surface area contributed by atoms with Crippen LogP contribution in [0.5, 0.6) is 0 Å². The van der Waals surface area contributed by atoms with Crippen LogP contribution < -0.4 is 49.6 Å². The van der Waals surface area contributed by atoms with Gasteiger partial charge in [0.2, 0.25) is 0 Å². The maximum atomic E-state index is 9.25. The van der Waals surface area contributed by atoms with Gasteiger partial charge in [-0.05, 0) is 0 Å². The summed E-state index contributed by atoms with van der Waals surface area (Å²) >= 11 is 0. The second kappa shape index (κ2) is 32.2. The normalized spacial score (nSPS) is 3.20. The van der Waals surface area contributed by atoms with Crippen molar-refractivity contribution in [3.8, 4) is 0 Å². The minimum absolute atomic E-state index is 0. The van der Waals surface area contributed by atoms with E-state index in [1.165, 1.54) is 0 Å². The predicted molar refractivity (Wildman–Crippen MR) is 17.8 cm³/mol. The summed E-state index contributed by atoms with van der Waals surface area (Å²) in [6.45, 7) is 2.96. The maximum absolute atomic E-state index is 9.25. The first-order chi connectivity index (χ1) is 2.27. The maximum Gasteiger partial charge on any atom is 4.00 e. The number of carbonyl (C=O) groups is 1. The quantitative estimate of drug-likeness (QED) is 0.376. The van der Waals surface area contributed by atoms with Crippen LogP contribution >= 0.6 is 0 Å². The van der Waals surface area contributed by atoms with Gasteiger partial charge in [0, 0.05) is 6.08 Å². The summed E-state index contributed by atoms with van der Waals surface area (Å²) in [7, 11) is 0. The molecule has 0 bridgehead atoms. The first-order valence-electron chi connectivity index (χ1n) is 1.12. The van der Waals surface area contributed by atoms with E-state index in [1.54, 1.807) is 0 Å². The largest absolute Gasteiger partial charge is 4.00 e. The van der Waals surface area contributed by atoms with E-state index in [9.17, 15) is 4.79 Å². The van der Waals surface area contributed by atoms with Gasteiger partial charge in [0.05, 0.1) is 0 Å². The number of hydrogen-bond acceptors (Lipinski definition) is 1. The van der Waals surface area contributed by atoms with E-state index in [2.05, 4.69) is 6.58 Å². The monoisotopic (exact) mass is 260 g/mol. The zero-order valence-corrected chi connectivity index (χ0v) is 9.24. The number of hydrogen-bond donors (Lipinski definition) is 1. The second-order valence-corrected chi connectivity index (χ2v) is 0.542. The number of carboxylic acid groups (broad SMARTS) is 1. The summed E-state index contributed by atoms with van der Waals surface area (Å²) in [5, 5.41) is 7.60. The van der Waals surface area contributed by atoms with Gasteiger partial charge < -0.3 is 54.7 Å². The van der Waals surface area contributed by atoms with E-state index in [1.807, 2.05) is 0 Å². The predicted octanol–water partition coefficient (Wildman–Crippen LogP) is -11.7. The molecule has 0 amide bonds. The zero-order valence-electron chi connectivity index (χ0n) is 4.65. The minimum Gasteiger partial charge on any atom is -1.00 e. The standard InChI is InChI=1S/C3H4O2.4ClH.Ti/c1-2-3(4)5;;;;;/h2H,1H2,(H,4,5);4*1H;/q;;;;;+4/p-4. The molecule has 7 heteroatoms. The van der Waals surface area contributed by atoms with Gasteiger partial charge in [0.25, 0.3) is 0 Å². The van der Waals surface area contributed by atoms with Gasteiger partial charge >= 0.3 is 27.7 Å². The van der Waals surface area contributed by atoms with Crippen molar-refractivity contribution in [2.75, 3.05) is 0 Å². The molecule has 0 saturated carbocycles. The fourth-order valence-corrected chi connectivity index (χ4v) is 0. The van der Waals surface area contributed by atoms with Crippen LogP contribution in [0.4, 0.5) is 0 Å². The Hall–Kier alpha value is 1.08. The van der Waals surface area contributed by atoms with E-state index in [-0.39, 0.29) is 71.3 Å². The van der Waals surface area contributed by atoms with Gasteiger partial charge in [-0.3, -0.25) is 0 Å². The summed E-state index contributed by atoms with van der Waals surface area (Å²) in [6.07, 6.45) is 0.833. The van der Waals surface area contributed by atoms with Gasteiger partial charge in [-0.2, -0.15) is 0 Å². The van der Waals surface area contributed by atoms with Crippen molar-refractivity contribution in [2.24, 2.45) is 0 Å². The van der Waals surface area contributed by atoms with E-state index >= 15 is 0 Å². The van der Waals surface area contributed by atoms with Crippen molar-refractivity contribution < 1.29 is 81.2 Å². The molecule has 0 saturated heterocycles. The number of halogens is 4. The van der Waals surface area contributed by atoms with Crippen LogP contribution in [0.25, 0.3) is 0 Å². The van der Waals surface area contributed by atoms with Crippen LogP contribution in [0.15, 0.2) is 12.7 Å². The van der Waals surface area contributed by atoms with Crippen molar-refractivity contribution in [3.63, 3.8) is 0 Å². The third-order valence-corrected chi connectivity index (χ3v) is 0.175. The smallest absolute Gasteiger partial charge is 1.00 e. The molecule has 0 aromatic heterocycles. The molecule has 1 N–H and O–H groups in total. The average Bonchev–Trinajstić information content (AvgIpc) is 1.38. The zero-order chi connectivity index (χ0) is 4.28. The van der Waals surface area contributed by atoms with E-state index in [0.29, 0.717) is 0 Å². The molecule has 0 heterocycles. The fraction of sp³-hybridized carbons (Fsp3) is 0. The van der Waals surface area contributed by atoms with Crippen molar-refractivity contribution in [1.82, 2.24) is 0 Å².